The van der Waals surface area contributed by atoms with E-state index in [1.165, 1.54) is 22.9 Å². The molecule has 0 fully saturated rings. The first-order valence-corrected chi connectivity index (χ1v) is 9.51. The molecule has 3 aromatic rings. The Kier molecular flexibility index (Phi) is 4.79. The molecule has 1 amide bonds. The maximum Gasteiger partial charge on any atom is 0.284 e. The van der Waals surface area contributed by atoms with Crippen molar-refractivity contribution < 1.29 is 13.6 Å². The van der Waals surface area contributed by atoms with Crippen LogP contribution in [0, 0.1) is 0 Å². The van der Waals surface area contributed by atoms with E-state index in [9.17, 15) is 4.79 Å². The highest BCUT2D eigenvalue weighted by Crippen LogP contribution is 2.31. The molecule has 0 aliphatic heterocycles. The van der Waals surface area contributed by atoms with Gasteiger partial charge in [-0.25, -0.2) is 0 Å². The molecular formula is C19H19N3O3S. The van der Waals surface area contributed by atoms with Crippen LogP contribution in [0.5, 0.6) is 0 Å². The van der Waals surface area contributed by atoms with Gasteiger partial charge in [0.1, 0.15) is 0 Å². The third kappa shape index (κ3) is 3.53. The first-order chi connectivity index (χ1) is 12.7. The lowest BCUT2D eigenvalue weighted by molar-refractivity contribution is -0.121. The van der Waals surface area contributed by atoms with Gasteiger partial charge in [-0.05, 0) is 49.4 Å². The minimum absolute atomic E-state index is 0.0329. The highest BCUT2D eigenvalue weighted by molar-refractivity contribution is 8.00. The first-order valence-electron chi connectivity index (χ1n) is 8.63. The third-order valence-electron chi connectivity index (χ3n) is 4.47. The zero-order chi connectivity index (χ0) is 17.9. The van der Waals surface area contributed by atoms with E-state index in [0.29, 0.717) is 16.9 Å². The van der Waals surface area contributed by atoms with Gasteiger partial charge in [-0.3, -0.25) is 4.79 Å². The molecule has 26 heavy (non-hydrogen) atoms. The van der Waals surface area contributed by atoms with Crippen LogP contribution < -0.4 is 5.32 Å². The van der Waals surface area contributed by atoms with Crippen LogP contribution in [0.15, 0.2) is 56.7 Å². The van der Waals surface area contributed by atoms with Crippen molar-refractivity contribution in [3.8, 4) is 11.7 Å². The number of nitrogens with one attached hydrogen (secondary N) is 1. The summed E-state index contributed by atoms with van der Waals surface area (Å²) in [6.45, 7) is 1.84. The summed E-state index contributed by atoms with van der Waals surface area (Å²) in [6, 6.07) is 11.9. The van der Waals surface area contributed by atoms with E-state index in [-0.39, 0.29) is 17.2 Å². The number of benzene rings is 1. The summed E-state index contributed by atoms with van der Waals surface area (Å²) in [7, 11) is 0. The highest BCUT2D eigenvalue weighted by Gasteiger charge is 2.25. The summed E-state index contributed by atoms with van der Waals surface area (Å²) in [6.07, 6.45) is 4.66. The molecule has 0 bridgehead atoms. The molecule has 7 heteroatoms. The van der Waals surface area contributed by atoms with Gasteiger partial charge < -0.3 is 14.2 Å². The molecule has 1 N–H and O–H groups in total. The lowest BCUT2D eigenvalue weighted by Gasteiger charge is -2.27. The summed E-state index contributed by atoms with van der Waals surface area (Å²) >= 11 is 1.25. The van der Waals surface area contributed by atoms with Crippen molar-refractivity contribution in [1.82, 2.24) is 15.5 Å². The van der Waals surface area contributed by atoms with Crippen molar-refractivity contribution in [2.45, 2.75) is 42.7 Å². The van der Waals surface area contributed by atoms with Crippen LogP contribution in [0.1, 0.15) is 36.9 Å². The molecule has 0 unspecified atom stereocenters. The van der Waals surface area contributed by atoms with Crippen molar-refractivity contribution >= 4 is 17.7 Å². The number of hydrogen-bond donors (Lipinski definition) is 1. The topological polar surface area (TPSA) is 81.2 Å². The molecule has 134 valence electrons. The number of hydrogen-bond acceptors (Lipinski definition) is 6. The average Bonchev–Trinajstić information content (AvgIpc) is 3.33. The van der Waals surface area contributed by atoms with Crippen molar-refractivity contribution in [1.29, 1.82) is 0 Å². The molecule has 2 atom stereocenters. The Bertz CT molecular complexity index is 891. The summed E-state index contributed by atoms with van der Waals surface area (Å²) in [5.74, 6) is 0.793. The predicted molar refractivity (Wildman–Crippen MR) is 97.6 cm³/mol. The molecule has 0 radical (unpaired) electrons. The van der Waals surface area contributed by atoms with E-state index in [2.05, 4.69) is 27.6 Å². The number of rotatable bonds is 5. The Morgan fingerprint density at radius 2 is 2.15 bits per heavy atom. The molecule has 2 heterocycles. The van der Waals surface area contributed by atoms with Gasteiger partial charge in [0.15, 0.2) is 5.76 Å². The zero-order valence-electron chi connectivity index (χ0n) is 14.3. The number of aromatic nitrogens is 2. The molecule has 0 saturated heterocycles. The van der Waals surface area contributed by atoms with Gasteiger partial charge >= 0.3 is 0 Å². The van der Waals surface area contributed by atoms with Gasteiger partial charge in [-0.1, -0.05) is 36.0 Å². The fourth-order valence-corrected chi connectivity index (χ4v) is 3.85. The number of nitrogens with zero attached hydrogens (tertiary/aromatic N) is 2. The Hall–Kier alpha value is -2.54. The Labute approximate surface area is 155 Å². The fourth-order valence-electron chi connectivity index (χ4n) is 3.15. The van der Waals surface area contributed by atoms with Crippen LogP contribution in [0.4, 0.5) is 0 Å². The van der Waals surface area contributed by atoms with Gasteiger partial charge in [-0.2, -0.15) is 0 Å². The van der Waals surface area contributed by atoms with E-state index in [1.807, 2.05) is 19.1 Å². The molecule has 0 spiro atoms. The molecule has 1 aromatic carbocycles. The van der Waals surface area contributed by atoms with Gasteiger partial charge in [0.05, 0.1) is 17.6 Å². The lowest BCUT2D eigenvalue weighted by Crippen LogP contribution is -2.35. The quantitative estimate of drug-likeness (QED) is 0.685. The van der Waals surface area contributed by atoms with E-state index in [4.69, 9.17) is 8.83 Å². The second-order valence-electron chi connectivity index (χ2n) is 6.26. The summed E-state index contributed by atoms with van der Waals surface area (Å²) in [5.41, 5.74) is 2.55. The summed E-state index contributed by atoms with van der Waals surface area (Å²) in [5, 5.41) is 11.1. The van der Waals surface area contributed by atoms with Crippen LogP contribution in [-0.2, 0) is 11.2 Å². The Morgan fingerprint density at radius 3 is 3.00 bits per heavy atom. The number of aryl methyl sites for hydroxylation is 1. The Balaban J connectivity index is 1.40. The highest BCUT2D eigenvalue weighted by atomic mass is 32.2. The number of thioether (sulfide) groups is 1. The van der Waals surface area contributed by atoms with Gasteiger partial charge in [0, 0.05) is 0 Å². The number of carbonyl (C=O) groups is 1. The molecule has 6 nitrogen and oxygen atoms in total. The molecule has 4 rings (SSSR count). The summed E-state index contributed by atoms with van der Waals surface area (Å²) < 4.78 is 10.8. The standard InChI is InChI=1S/C19H19N3O3S/c1-12(26-19-22-21-18(25-19)16-10-5-11-24-16)17(23)20-15-9-4-7-13-6-2-3-8-14(13)15/h2-3,5-6,8,10-12,15H,4,7,9H2,1H3,(H,20,23)/t12-,15-/m0/s1. The number of fused-ring (bicyclic) bond motifs is 1. The maximum atomic E-state index is 12.6. The normalized spacial score (nSPS) is 17.5. The van der Waals surface area contributed by atoms with Crippen LogP contribution in [0.2, 0.25) is 0 Å². The molecule has 1 aliphatic rings. The SMILES string of the molecule is C[C@H](Sc1nnc(-c2ccco2)o1)C(=O)N[C@H]1CCCc2ccccc21. The number of amides is 1. The second-order valence-corrected chi connectivity index (χ2v) is 7.55. The predicted octanol–water partition coefficient (Wildman–Crippen LogP) is 4.00. The minimum Gasteiger partial charge on any atom is -0.459 e. The van der Waals surface area contributed by atoms with Gasteiger partial charge in [0.2, 0.25) is 5.91 Å². The van der Waals surface area contributed by atoms with E-state index in [0.717, 1.165) is 19.3 Å². The largest absolute Gasteiger partial charge is 0.459 e. The van der Waals surface area contributed by atoms with Gasteiger partial charge in [0.25, 0.3) is 11.1 Å². The zero-order valence-corrected chi connectivity index (χ0v) is 15.2. The monoisotopic (exact) mass is 369 g/mol. The smallest absolute Gasteiger partial charge is 0.284 e. The van der Waals surface area contributed by atoms with Gasteiger partial charge in [-0.15, -0.1) is 10.2 Å². The minimum atomic E-state index is -0.339. The summed E-state index contributed by atoms with van der Waals surface area (Å²) in [4.78, 5) is 12.6. The van der Waals surface area contributed by atoms with Crippen molar-refractivity contribution in [2.24, 2.45) is 0 Å². The van der Waals surface area contributed by atoms with E-state index >= 15 is 0 Å². The van der Waals surface area contributed by atoms with Crippen LogP contribution in [0.3, 0.4) is 0 Å². The third-order valence-corrected chi connectivity index (χ3v) is 5.41. The molecule has 2 aromatic heterocycles. The van der Waals surface area contributed by atoms with Crippen LogP contribution in [0.25, 0.3) is 11.7 Å². The average molecular weight is 369 g/mol. The molecule has 1 aliphatic carbocycles. The van der Waals surface area contributed by atoms with Crippen LogP contribution in [-0.4, -0.2) is 21.4 Å². The Morgan fingerprint density at radius 1 is 1.27 bits per heavy atom. The second kappa shape index (κ2) is 7.37. The lowest BCUT2D eigenvalue weighted by atomic mass is 9.88. The van der Waals surface area contributed by atoms with Crippen molar-refractivity contribution in [3.05, 3.63) is 53.8 Å². The van der Waals surface area contributed by atoms with Crippen molar-refractivity contribution in [2.75, 3.05) is 0 Å². The van der Waals surface area contributed by atoms with E-state index < -0.39 is 0 Å². The number of furan rings is 1. The maximum absolute atomic E-state index is 12.6. The number of carbonyl (C=O) groups excluding carboxylic acids is 1. The van der Waals surface area contributed by atoms with Crippen molar-refractivity contribution in [3.63, 3.8) is 0 Å². The van der Waals surface area contributed by atoms with Crippen LogP contribution >= 0.6 is 11.8 Å². The molecule has 0 saturated carbocycles. The molecular weight excluding hydrogens is 350 g/mol. The van der Waals surface area contributed by atoms with E-state index in [1.54, 1.807) is 18.4 Å². The first kappa shape index (κ1) is 16.9. The fraction of sp³-hybridized carbons (Fsp3) is 0.316.